The van der Waals surface area contributed by atoms with Gasteiger partial charge in [-0.2, -0.15) is 0 Å². The number of benzene rings is 1. The average Bonchev–Trinajstić information content (AvgIpc) is 2.48. The fourth-order valence-corrected chi connectivity index (χ4v) is 2.57. The highest BCUT2D eigenvalue weighted by Crippen LogP contribution is 2.39. The first-order valence-corrected chi connectivity index (χ1v) is 7.54. The quantitative estimate of drug-likeness (QED) is 0.848. The summed E-state index contributed by atoms with van der Waals surface area (Å²) in [4.78, 5) is 0. The monoisotopic (exact) mass is 299 g/mol. The van der Waals surface area contributed by atoms with Crippen LogP contribution in [0.2, 0.25) is 5.02 Å². The molecule has 20 heavy (non-hydrogen) atoms. The summed E-state index contributed by atoms with van der Waals surface area (Å²) in [6.45, 7) is 5.78. The fraction of sp³-hybridized carbons (Fsp3) is 0.600. The van der Waals surface area contributed by atoms with Crippen molar-refractivity contribution in [2.45, 2.75) is 38.8 Å². The lowest BCUT2D eigenvalue weighted by Crippen LogP contribution is -2.31. The van der Waals surface area contributed by atoms with Crippen molar-refractivity contribution < 1.29 is 14.6 Å². The van der Waals surface area contributed by atoms with E-state index in [-0.39, 0.29) is 0 Å². The van der Waals surface area contributed by atoms with Crippen molar-refractivity contribution in [3.63, 3.8) is 0 Å². The number of aliphatic hydroxyl groups is 1. The molecule has 112 valence electrons. The van der Waals surface area contributed by atoms with Crippen molar-refractivity contribution in [3.8, 4) is 11.5 Å². The first kappa shape index (κ1) is 15.4. The Bertz CT molecular complexity index is 449. The maximum Gasteiger partial charge on any atom is 0.179 e. The second-order valence-electron chi connectivity index (χ2n) is 4.96. The van der Waals surface area contributed by atoms with Crippen molar-refractivity contribution in [2.75, 3.05) is 19.8 Å². The molecule has 1 aromatic rings. The van der Waals surface area contributed by atoms with Crippen LogP contribution in [0.5, 0.6) is 11.5 Å². The van der Waals surface area contributed by atoms with Gasteiger partial charge >= 0.3 is 0 Å². The molecule has 2 rings (SSSR count). The molecule has 0 radical (unpaired) electrons. The smallest absolute Gasteiger partial charge is 0.179 e. The van der Waals surface area contributed by atoms with Gasteiger partial charge in [0.1, 0.15) is 13.2 Å². The highest BCUT2D eigenvalue weighted by molar-refractivity contribution is 6.32. The standard InChI is InChI=1S/C15H22ClNO3/c1-3-11(4-2)17-9-13(18)10-7-12(16)15-14(8-10)19-5-6-20-15/h7-8,11,13,17-18H,3-6,9H2,1-2H3. The van der Waals surface area contributed by atoms with Crippen molar-refractivity contribution in [1.82, 2.24) is 5.32 Å². The molecule has 1 atom stereocenters. The van der Waals surface area contributed by atoms with E-state index in [1.165, 1.54) is 0 Å². The molecule has 5 heteroatoms. The predicted octanol–water partition coefficient (Wildman–Crippen LogP) is 2.92. The molecule has 0 aromatic heterocycles. The molecule has 4 nitrogen and oxygen atoms in total. The van der Waals surface area contributed by atoms with Crippen LogP contribution in [0, 0.1) is 0 Å². The third-order valence-corrected chi connectivity index (χ3v) is 3.87. The summed E-state index contributed by atoms with van der Waals surface area (Å²) in [7, 11) is 0. The summed E-state index contributed by atoms with van der Waals surface area (Å²) in [6, 6.07) is 3.98. The highest BCUT2D eigenvalue weighted by atomic mass is 35.5. The Morgan fingerprint density at radius 2 is 1.95 bits per heavy atom. The molecular formula is C15H22ClNO3. The summed E-state index contributed by atoms with van der Waals surface area (Å²) < 4.78 is 11.0. The average molecular weight is 300 g/mol. The second kappa shape index (κ2) is 7.16. The highest BCUT2D eigenvalue weighted by Gasteiger charge is 2.19. The number of halogens is 1. The maximum atomic E-state index is 10.3. The zero-order valence-corrected chi connectivity index (χ0v) is 12.7. The van der Waals surface area contributed by atoms with E-state index in [4.69, 9.17) is 21.1 Å². The lowest BCUT2D eigenvalue weighted by molar-refractivity contribution is 0.160. The minimum atomic E-state index is -0.607. The van der Waals surface area contributed by atoms with E-state index < -0.39 is 6.10 Å². The van der Waals surface area contributed by atoms with Gasteiger partial charge in [0.15, 0.2) is 11.5 Å². The Balaban J connectivity index is 2.06. The lowest BCUT2D eigenvalue weighted by Gasteiger charge is -2.22. The zero-order chi connectivity index (χ0) is 14.5. The third kappa shape index (κ3) is 3.57. The predicted molar refractivity (Wildman–Crippen MR) is 79.8 cm³/mol. The van der Waals surface area contributed by atoms with Gasteiger partial charge in [-0.15, -0.1) is 0 Å². The van der Waals surface area contributed by atoms with Gasteiger partial charge in [-0.05, 0) is 30.5 Å². The normalized spacial score (nSPS) is 15.4. The largest absolute Gasteiger partial charge is 0.486 e. The van der Waals surface area contributed by atoms with Crippen molar-refractivity contribution in [2.24, 2.45) is 0 Å². The van der Waals surface area contributed by atoms with Gasteiger partial charge in [0.05, 0.1) is 11.1 Å². The van der Waals surface area contributed by atoms with Crippen LogP contribution in [-0.2, 0) is 0 Å². The van der Waals surface area contributed by atoms with Gasteiger partial charge in [-0.1, -0.05) is 25.4 Å². The van der Waals surface area contributed by atoms with Crippen LogP contribution < -0.4 is 14.8 Å². The van der Waals surface area contributed by atoms with Gasteiger partial charge in [-0.25, -0.2) is 0 Å². The molecule has 0 fully saturated rings. The Labute approximate surface area is 125 Å². The molecule has 0 aliphatic carbocycles. The lowest BCUT2D eigenvalue weighted by atomic mass is 10.1. The first-order chi connectivity index (χ1) is 9.65. The summed E-state index contributed by atoms with van der Waals surface area (Å²) in [5, 5.41) is 14.1. The van der Waals surface area contributed by atoms with Crippen molar-refractivity contribution >= 4 is 11.6 Å². The number of rotatable bonds is 6. The van der Waals surface area contributed by atoms with E-state index in [0.717, 1.165) is 18.4 Å². The number of ether oxygens (including phenoxy) is 2. The van der Waals surface area contributed by atoms with E-state index in [2.05, 4.69) is 19.2 Å². The van der Waals surface area contributed by atoms with Crippen LogP contribution in [0.15, 0.2) is 12.1 Å². The molecule has 1 unspecified atom stereocenters. The van der Waals surface area contributed by atoms with Crippen LogP contribution in [0.3, 0.4) is 0 Å². The molecule has 0 spiro atoms. The molecule has 0 amide bonds. The zero-order valence-electron chi connectivity index (χ0n) is 12.0. The maximum absolute atomic E-state index is 10.3. The molecule has 0 saturated carbocycles. The number of hydrogen-bond acceptors (Lipinski definition) is 4. The van der Waals surface area contributed by atoms with Gasteiger partial charge in [-0.3, -0.25) is 0 Å². The number of fused-ring (bicyclic) bond motifs is 1. The van der Waals surface area contributed by atoms with Gasteiger partial charge in [0.25, 0.3) is 0 Å². The fourth-order valence-electron chi connectivity index (χ4n) is 2.30. The molecule has 1 aliphatic rings. The van der Waals surface area contributed by atoms with Crippen LogP contribution >= 0.6 is 11.6 Å². The molecule has 0 saturated heterocycles. The molecule has 1 aliphatic heterocycles. The topological polar surface area (TPSA) is 50.7 Å². The summed E-state index contributed by atoms with van der Waals surface area (Å²) in [5.74, 6) is 1.18. The van der Waals surface area contributed by atoms with E-state index in [1.54, 1.807) is 12.1 Å². The first-order valence-electron chi connectivity index (χ1n) is 7.16. The Morgan fingerprint density at radius 3 is 2.65 bits per heavy atom. The molecule has 1 aromatic carbocycles. The minimum absolute atomic E-state index is 0.428. The van der Waals surface area contributed by atoms with Crippen molar-refractivity contribution in [3.05, 3.63) is 22.7 Å². The Kier molecular flexibility index (Phi) is 5.52. The molecular weight excluding hydrogens is 278 g/mol. The Hall–Kier alpha value is -0.970. The molecule has 2 N–H and O–H groups in total. The van der Waals surface area contributed by atoms with Gasteiger partial charge in [0, 0.05) is 12.6 Å². The number of aliphatic hydroxyl groups excluding tert-OH is 1. The van der Waals surface area contributed by atoms with Crippen LogP contribution in [0.4, 0.5) is 0 Å². The Morgan fingerprint density at radius 1 is 1.25 bits per heavy atom. The van der Waals surface area contributed by atoms with E-state index in [0.29, 0.717) is 42.3 Å². The summed E-state index contributed by atoms with van der Waals surface area (Å²) >= 11 is 6.17. The van der Waals surface area contributed by atoms with E-state index in [9.17, 15) is 5.11 Å². The summed E-state index contributed by atoms with van der Waals surface area (Å²) in [6.07, 6.45) is 1.49. The molecule has 0 bridgehead atoms. The van der Waals surface area contributed by atoms with Crippen LogP contribution in [0.25, 0.3) is 0 Å². The van der Waals surface area contributed by atoms with E-state index >= 15 is 0 Å². The van der Waals surface area contributed by atoms with Gasteiger partial charge < -0.3 is 19.9 Å². The van der Waals surface area contributed by atoms with Crippen LogP contribution in [-0.4, -0.2) is 30.9 Å². The number of nitrogens with one attached hydrogen (secondary N) is 1. The van der Waals surface area contributed by atoms with Crippen LogP contribution in [0.1, 0.15) is 38.4 Å². The summed E-state index contributed by atoms with van der Waals surface area (Å²) in [5.41, 5.74) is 0.748. The minimum Gasteiger partial charge on any atom is -0.486 e. The number of hydrogen-bond donors (Lipinski definition) is 2. The SMILES string of the molecule is CCC(CC)NCC(O)c1cc(Cl)c2c(c1)OCCO2. The van der Waals surface area contributed by atoms with Crippen molar-refractivity contribution in [1.29, 1.82) is 0 Å². The van der Waals surface area contributed by atoms with Gasteiger partial charge in [0.2, 0.25) is 0 Å². The molecule has 1 heterocycles. The second-order valence-corrected chi connectivity index (χ2v) is 5.37. The van der Waals surface area contributed by atoms with E-state index in [1.807, 2.05) is 0 Å². The third-order valence-electron chi connectivity index (χ3n) is 3.59.